The molecule has 2 unspecified atom stereocenters. The lowest BCUT2D eigenvalue weighted by atomic mass is 9.74. The molecule has 3 saturated heterocycles. The average molecular weight is 525 g/mol. The summed E-state index contributed by atoms with van der Waals surface area (Å²) in [5.41, 5.74) is 9.34. The van der Waals surface area contributed by atoms with Gasteiger partial charge in [-0.15, -0.1) is 11.3 Å². The van der Waals surface area contributed by atoms with E-state index in [0.29, 0.717) is 59.5 Å². The molecule has 3 N–H and O–H groups in total. The zero-order chi connectivity index (χ0) is 25.9. The summed E-state index contributed by atoms with van der Waals surface area (Å²) in [6.45, 7) is 3.37. The summed E-state index contributed by atoms with van der Waals surface area (Å²) in [7, 11) is 0. The van der Waals surface area contributed by atoms with Crippen LogP contribution < -0.4 is 25.6 Å². The summed E-state index contributed by atoms with van der Waals surface area (Å²) in [4.78, 5) is 15.2. The van der Waals surface area contributed by atoms with Crippen molar-refractivity contribution in [2.75, 3.05) is 41.7 Å². The largest absolute Gasteiger partial charge is 0.458 e. The van der Waals surface area contributed by atoms with Crippen molar-refractivity contribution in [2.45, 2.75) is 49.8 Å². The number of hydrogen-bond acceptors (Lipinski definition) is 10. The molecule has 1 aromatic carbocycles. The van der Waals surface area contributed by atoms with E-state index in [0.717, 1.165) is 49.9 Å². The molecular weight excluding hydrogens is 496 g/mol. The summed E-state index contributed by atoms with van der Waals surface area (Å²) >= 11 is 1.54. The molecule has 3 aliphatic heterocycles. The van der Waals surface area contributed by atoms with E-state index < -0.39 is 0 Å². The van der Waals surface area contributed by atoms with Crippen LogP contribution in [0.1, 0.15) is 46.4 Å². The first-order valence-electron chi connectivity index (χ1n) is 13.1. The molecule has 3 fully saturated rings. The van der Waals surface area contributed by atoms with E-state index in [9.17, 15) is 10.5 Å². The number of anilines is 3. The summed E-state index contributed by atoms with van der Waals surface area (Å²) in [5, 5.41) is 24.4. The number of aryl methyl sites for hydroxylation is 1. The van der Waals surface area contributed by atoms with Gasteiger partial charge in [0, 0.05) is 48.6 Å². The van der Waals surface area contributed by atoms with Crippen LogP contribution in [-0.2, 0) is 18.4 Å². The maximum Gasteiger partial charge on any atom is 0.320 e. The lowest BCUT2D eigenvalue weighted by Gasteiger charge is -2.49. The highest BCUT2D eigenvalue weighted by Crippen LogP contribution is 2.53. The van der Waals surface area contributed by atoms with Crippen LogP contribution in [0.2, 0.25) is 0 Å². The Morgan fingerprint density at radius 1 is 1.03 bits per heavy atom. The van der Waals surface area contributed by atoms with Gasteiger partial charge in [0.25, 0.3) is 0 Å². The number of nitrogens with zero attached hydrogens (tertiary/aromatic N) is 6. The molecular formula is C28H28N8OS. The van der Waals surface area contributed by atoms with Crippen LogP contribution in [0.15, 0.2) is 30.3 Å². The van der Waals surface area contributed by atoms with Crippen LogP contribution in [0.5, 0.6) is 6.01 Å². The molecule has 2 bridgehead atoms. The van der Waals surface area contributed by atoms with Crippen molar-refractivity contribution < 1.29 is 4.74 Å². The normalized spacial score (nSPS) is 22.6. The topological polar surface area (TPSA) is 127 Å². The van der Waals surface area contributed by atoms with E-state index in [1.165, 1.54) is 4.88 Å². The van der Waals surface area contributed by atoms with Crippen LogP contribution in [0, 0.1) is 22.7 Å². The van der Waals surface area contributed by atoms with E-state index in [1.54, 1.807) is 11.3 Å². The first-order chi connectivity index (χ1) is 18.6. The van der Waals surface area contributed by atoms with E-state index in [1.807, 2.05) is 30.3 Å². The predicted octanol–water partition coefficient (Wildman–Crippen LogP) is 3.09. The number of nitriles is 2. The maximum atomic E-state index is 10.3. The van der Waals surface area contributed by atoms with Gasteiger partial charge >= 0.3 is 6.01 Å². The number of fused-ring (bicyclic) bond motifs is 4. The fraction of sp³-hybridized carbons (Fsp3) is 0.429. The van der Waals surface area contributed by atoms with E-state index in [-0.39, 0.29) is 11.4 Å². The highest BCUT2D eigenvalue weighted by Gasteiger charge is 2.52. The van der Waals surface area contributed by atoms with Gasteiger partial charge in [0.15, 0.2) is 11.6 Å². The summed E-state index contributed by atoms with van der Waals surface area (Å²) in [5.74, 6) is 1.27. The number of aromatic nitrogens is 2. The third kappa shape index (κ3) is 3.67. The molecule has 0 saturated carbocycles. The summed E-state index contributed by atoms with van der Waals surface area (Å²) in [6.07, 6.45) is 4.20. The van der Waals surface area contributed by atoms with Gasteiger partial charge in [-0.3, -0.25) is 0 Å². The van der Waals surface area contributed by atoms with Crippen molar-refractivity contribution in [3.05, 3.63) is 57.5 Å². The highest BCUT2D eigenvalue weighted by molar-refractivity contribution is 7.16. The Hall–Kier alpha value is -3.86. The number of piperazine rings is 1. The van der Waals surface area contributed by atoms with Crippen LogP contribution in [-0.4, -0.2) is 48.2 Å². The van der Waals surface area contributed by atoms with Gasteiger partial charge in [0.1, 0.15) is 29.3 Å². The number of ether oxygens (including phenoxy) is 1. The lowest BCUT2D eigenvalue weighted by molar-refractivity contribution is 0.278. The second-order valence-electron chi connectivity index (χ2n) is 10.8. The predicted molar refractivity (Wildman–Crippen MR) is 145 cm³/mol. The molecule has 4 aliphatic rings. The molecule has 7 rings (SSSR count). The zero-order valence-electron chi connectivity index (χ0n) is 21.0. The standard InChI is InChI=1S/C28H28N8OS/c29-10-20-23-22(38-24(20)31)8-9-28(23)15-36(16-28)26-21(11-30)25(35-12-18-6-7-19(13-35)32-18)33-27(34-26)37-14-17-4-2-1-3-5-17/h1-5,18-19,32H,6-9,12-16,31H2. The van der Waals surface area contributed by atoms with Crippen molar-refractivity contribution in [2.24, 2.45) is 0 Å². The second-order valence-corrected chi connectivity index (χ2v) is 12.0. The Kier molecular flexibility index (Phi) is 5.43. The Bertz CT molecular complexity index is 1470. The number of thiophene rings is 1. The third-order valence-electron chi connectivity index (χ3n) is 8.46. The Labute approximate surface area is 225 Å². The molecule has 38 heavy (non-hydrogen) atoms. The Morgan fingerprint density at radius 3 is 2.39 bits per heavy atom. The van der Waals surface area contributed by atoms with Gasteiger partial charge in [0.05, 0.1) is 5.56 Å². The minimum Gasteiger partial charge on any atom is -0.458 e. The van der Waals surface area contributed by atoms with Crippen molar-refractivity contribution in [3.63, 3.8) is 0 Å². The van der Waals surface area contributed by atoms with Gasteiger partial charge in [-0.25, -0.2) is 0 Å². The first-order valence-corrected chi connectivity index (χ1v) is 13.9. The molecule has 2 aromatic heterocycles. The van der Waals surface area contributed by atoms with Crippen LogP contribution in [0.25, 0.3) is 0 Å². The number of nitrogens with one attached hydrogen (secondary N) is 1. The quantitative estimate of drug-likeness (QED) is 0.517. The number of nitrogens with two attached hydrogens (primary N) is 1. The van der Waals surface area contributed by atoms with Crippen molar-refractivity contribution in [1.29, 1.82) is 10.5 Å². The van der Waals surface area contributed by atoms with Crippen LogP contribution in [0.4, 0.5) is 16.6 Å². The lowest BCUT2D eigenvalue weighted by Crippen LogP contribution is -2.59. The Balaban J connectivity index is 1.23. The molecule has 1 aliphatic carbocycles. The number of nitrogen functional groups attached to an aromatic ring is 1. The van der Waals surface area contributed by atoms with Gasteiger partial charge in [-0.05, 0) is 36.8 Å². The maximum absolute atomic E-state index is 10.3. The van der Waals surface area contributed by atoms with Gasteiger partial charge in [0.2, 0.25) is 0 Å². The number of hydrogen-bond donors (Lipinski definition) is 2. The molecule has 9 nitrogen and oxygen atoms in total. The third-order valence-corrected chi connectivity index (χ3v) is 9.54. The molecule has 3 aromatic rings. The van der Waals surface area contributed by atoms with Gasteiger partial charge in [-0.1, -0.05) is 30.3 Å². The van der Waals surface area contributed by atoms with Crippen molar-refractivity contribution >= 4 is 28.0 Å². The second kappa shape index (κ2) is 8.87. The molecule has 5 heterocycles. The van der Waals surface area contributed by atoms with Gasteiger partial charge in [-0.2, -0.15) is 20.5 Å². The molecule has 0 radical (unpaired) electrons. The highest BCUT2D eigenvalue weighted by atomic mass is 32.1. The van der Waals surface area contributed by atoms with Crippen molar-refractivity contribution in [1.82, 2.24) is 15.3 Å². The molecule has 1 spiro atoms. The summed E-state index contributed by atoms with van der Waals surface area (Å²) in [6, 6.07) is 15.8. The summed E-state index contributed by atoms with van der Waals surface area (Å²) < 4.78 is 6.11. The first kappa shape index (κ1) is 23.3. The van der Waals surface area contributed by atoms with E-state index in [2.05, 4.69) is 27.3 Å². The van der Waals surface area contributed by atoms with Crippen molar-refractivity contribution in [3.8, 4) is 18.1 Å². The van der Waals surface area contributed by atoms with E-state index in [4.69, 9.17) is 20.4 Å². The number of benzene rings is 1. The average Bonchev–Trinajstić information content (AvgIpc) is 3.56. The SMILES string of the molecule is N#Cc1c(N2CC3CCC(C2)N3)nc(OCc2ccccc2)nc1N1CC2(CCc3sc(N)c(C#N)c32)C1. The molecule has 10 heteroatoms. The number of rotatable bonds is 5. The fourth-order valence-corrected chi connectivity index (χ4v) is 7.85. The van der Waals surface area contributed by atoms with Gasteiger partial charge < -0.3 is 25.6 Å². The van der Waals surface area contributed by atoms with Crippen LogP contribution in [0.3, 0.4) is 0 Å². The molecule has 192 valence electrons. The van der Waals surface area contributed by atoms with Crippen LogP contribution >= 0.6 is 11.3 Å². The Morgan fingerprint density at radius 2 is 1.71 bits per heavy atom. The molecule has 0 amide bonds. The van der Waals surface area contributed by atoms with E-state index >= 15 is 0 Å². The smallest absolute Gasteiger partial charge is 0.320 e. The minimum absolute atomic E-state index is 0.119. The molecule has 2 atom stereocenters. The monoisotopic (exact) mass is 524 g/mol. The zero-order valence-corrected chi connectivity index (χ0v) is 21.8. The minimum atomic E-state index is -0.119. The fourth-order valence-electron chi connectivity index (χ4n) is 6.71.